The summed E-state index contributed by atoms with van der Waals surface area (Å²) >= 11 is 0. The zero-order valence-electron chi connectivity index (χ0n) is 10.4. The minimum absolute atomic E-state index is 0.0801. The van der Waals surface area contributed by atoms with Gasteiger partial charge < -0.3 is 20.7 Å². The Morgan fingerprint density at radius 2 is 2.18 bits per heavy atom. The average molecular weight is 240 g/mol. The lowest BCUT2D eigenvalue weighted by molar-refractivity contribution is 0.168. The van der Waals surface area contributed by atoms with Crippen LogP contribution < -0.4 is 16.6 Å². The van der Waals surface area contributed by atoms with E-state index < -0.39 is 12.1 Å². The van der Waals surface area contributed by atoms with Gasteiger partial charge in [0.1, 0.15) is 0 Å². The number of nitrogens with zero attached hydrogens (tertiary/aromatic N) is 2. The molecule has 1 aromatic rings. The summed E-state index contributed by atoms with van der Waals surface area (Å²) in [6.07, 6.45) is 2.59. The molecule has 0 radical (unpaired) electrons. The number of anilines is 1. The first kappa shape index (κ1) is 13.7. The molecule has 6 nitrogen and oxygen atoms in total. The van der Waals surface area contributed by atoms with Crippen molar-refractivity contribution in [3.05, 3.63) is 22.7 Å². The molecule has 0 saturated heterocycles. The van der Waals surface area contributed by atoms with Crippen molar-refractivity contribution in [2.75, 3.05) is 11.9 Å². The molecule has 0 fully saturated rings. The Kier molecular flexibility index (Phi) is 4.65. The molecule has 0 spiro atoms. The fraction of sp³-hybridized carbons (Fsp3) is 0.636. The maximum Gasteiger partial charge on any atom is 0.293 e. The second-order valence-electron chi connectivity index (χ2n) is 4.37. The quantitative estimate of drug-likeness (QED) is 0.670. The van der Waals surface area contributed by atoms with E-state index in [2.05, 4.69) is 10.3 Å². The van der Waals surface area contributed by atoms with Crippen LogP contribution in [0.2, 0.25) is 0 Å². The van der Waals surface area contributed by atoms with Crippen LogP contribution in [0.25, 0.3) is 0 Å². The van der Waals surface area contributed by atoms with Crippen LogP contribution in [0.3, 0.4) is 0 Å². The second-order valence-corrected chi connectivity index (χ2v) is 4.37. The molecule has 1 heterocycles. The van der Waals surface area contributed by atoms with E-state index >= 15 is 0 Å². The second kappa shape index (κ2) is 5.79. The first-order chi connectivity index (χ1) is 7.93. The topological polar surface area (TPSA) is 93.2 Å². The predicted octanol–water partition coefficient (Wildman–Crippen LogP) is -0.0558. The zero-order chi connectivity index (χ0) is 13.0. The van der Waals surface area contributed by atoms with E-state index in [1.807, 2.05) is 13.8 Å². The average Bonchev–Trinajstić information content (AvgIpc) is 2.26. The van der Waals surface area contributed by atoms with Gasteiger partial charge in [-0.2, -0.15) is 0 Å². The van der Waals surface area contributed by atoms with Crippen molar-refractivity contribution in [3.63, 3.8) is 0 Å². The molecule has 2 atom stereocenters. The van der Waals surface area contributed by atoms with Gasteiger partial charge in [0.15, 0.2) is 5.82 Å². The lowest BCUT2D eigenvalue weighted by Crippen LogP contribution is -2.40. The highest BCUT2D eigenvalue weighted by Crippen LogP contribution is 2.01. The van der Waals surface area contributed by atoms with Gasteiger partial charge >= 0.3 is 0 Å². The van der Waals surface area contributed by atoms with Crippen molar-refractivity contribution >= 4 is 5.82 Å². The van der Waals surface area contributed by atoms with Gasteiger partial charge in [-0.1, -0.05) is 0 Å². The van der Waals surface area contributed by atoms with E-state index in [0.717, 1.165) is 0 Å². The van der Waals surface area contributed by atoms with Crippen LogP contribution in [0.15, 0.2) is 17.2 Å². The van der Waals surface area contributed by atoms with Crippen molar-refractivity contribution in [2.45, 2.75) is 39.0 Å². The molecule has 96 valence electrons. The summed E-state index contributed by atoms with van der Waals surface area (Å²) in [7, 11) is 0. The molecular formula is C11H20N4O2. The summed E-state index contributed by atoms with van der Waals surface area (Å²) < 4.78 is 1.59. The number of hydrogen-bond donors (Lipinski definition) is 3. The maximum atomic E-state index is 11.9. The molecule has 0 aromatic carbocycles. The Labute approximate surface area is 100 Å². The molecular weight excluding hydrogens is 220 g/mol. The van der Waals surface area contributed by atoms with Gasteiger partial charge in [0, 0.05) is 31.0 Å². The molecule has 0 aliphatic heterocycles. The van der Waals surface area contributed by atoms with Crippen molar-refractivity contribution < 1.29 is 5.11 Å². The fourth-order valence-corrected chi connectivity index (χ4v) is 1.34. The fourth-order valence-electron chi connectivity index (χ4n) is 1.34. The molecule has 0 amide bonds. The van der Waals surface area contributed by atoms with Crippen LogP contribution in [-0.2, 0) is 0 Å². The van der Waals surface area contributed by atoms with E-state index in [1.54, 1.807) is 23.9 Å². The predicted molar refractivity (Wildman–Crippen MR) is 67.0 cm³/mol. The molecule has 0 aliphatic rings. The number of aliphatic hydroxyl groups is 1. The Balaban J connectivity index is 2.79. The smallest absolute Gasteiger partial charge is 0.293 e. The van der Waals surface area contributed by atoms with Gasteiger partial charge in [0.2, 0.25) is 0 Å². The SMILES string of the molecule is CC(O)C(N)CNc1nccn(C(C)C)c1=O. The van der Waals surface area contributed by atoms with Crippen molar-refractivity contribution in [1.29, 1.82) is 0 Å². The number of hydrogen-bond acceptors (Lipinski definition) is 5. The molecule has 17 heavy (non-hydrogen) atoms. The Morgan fingerprint density at radius 3 is 2.71 bits per heavy atom. The Morgan fingerprint density at radius 1 is 1.53 bits per heavy atom. The zero-order valence-corrected chi connectivity index (χ0v) is 10.4. The largest absolute Gasteiger partial charge is 0.392 e. The summed E-state index contributed by atoms with van der Waals surface area (Å²) in [6, 6.07) is -0.347. The first-order valence-corrected chi connectivity index (χ1v) is 5.68. The molecule has 0 aliphatic carbocycles. The highest BCUT2D eigenvalue weighted by atomic mass is 16.3. The Hall–Kier alpha value is -1.40. The number of nitrogens with two attached hydrogens (primary N) is 1. The number of rotatable bonds is 5. The van der Waals surface area contributed by atoms with Gasteiger partial charge in [0.25, 0.3) is 5.56 Å². The van der Waals surface area contributed by atoms with Gasteiger partial charge in [-0.05, 0) is 20.8 Å². The lowest BCUT2D eigenvalue weighted by Gasteiger charge is -2.16. The lowest BCUT2D eigenvalue weighted by atomic mass is 10.2. The maximum absolute atomic E-state index is 11.9. The standard InChI is InChI=1S/C11H20N4O2/c1-7(2)15-5-4-13-10(11(15)17)14-6-9(12)8(3)16/h4-5,7-9,16H,6,12H2,1-3H3,(H,13,14). The van der Waals surface area contributed by atoms with Crippen LogP contribution in [0.4, 0.5) is 5.82 Å². The van der Waals surface area contributed by atoms with Crippen molar-refractivity contribution in [2.24, 2.45) is 5.73 Å². The molecule has 6 heteroatoms. The van der Waals surface area contributed by atoms with E-state index in [0.29, 0.717) is 6.54 Å². The summed E-state index contributed by atoms with van der Waals surface area (Å²) in [4.78, 5) is 15.9. The number of nitrogens with one attached hydrogen (secondary N) is 1. The van der Waals surface area contributed by atoms with E-state index in [4.69, 9.17) is 5.73 Å². The van der Waals surface area contributed by atoms with E-state index in [9.17, 15) is 9.90 Å². The van der Waals surface area contributed by atoms with Crippen LogP contribution >= 0.6 is 0 Å². The van der Waals surface area contributed by atoms with Gasteiger partial charge in [-0.15, -0.1) is 0 Å². The first-order valence-electron chi connectivity index (χ1n) is 5.68. The third-order valence-electron chi connectivity index (χ3n) is 2.55. The number of aromatic nitrogens is 2. The van der Waals surface area contributed by atoms with Gasteiger partial charge in [-0.25, -0.2) is 4.98 Å². The highest BCUT2D eigenvalue weighted by Gasteiger charge is 2.11. The Bertz CT molecular complexity index is 414. The third kappa shape index (κ3) is 3.54. The summed E-state index contributed by atoms with van der Waals surface area (Å²) in [5, 5.41) is 12.1. The van der Waals surface area contributed by atoms with Crippen molar-refractivity contribution in [1.82, 2.24) is 9.55 Å². The van der Waals surface area contributed by atoms with E-state index in [-0.39, 0.29) is 17.4 Å². The van der Waals surface area contributed by atoms with E-state index in [1.165, 1.54) is 0 Å². The van der Waals surface area contributed by atoms with Crippen molar-refractivity contribution in [3.8, 4) is 0 Å². The molecule has 0 saturated carbocycles. The summed E-state index contributed by atoms with van der Waals surface area (Å²) in [6.45, 7) is 5.76. The summed E-state index contributed by atoms with van der Waals surface area (Å²) in [5.41, 5.74) is 5.48. The van der Waals surface area contributed by atoms with Gasteiger partial charge in [0.05, 0.1) is 6.10 Å². The molecule has 4 N–H and O–H groups in total. The minimum Gasteiger partial charge on any atom is -0.392 e. The molecule has 0 bridgehead atoms. The van der Waals surface area contributed by atoms with Crippen LogP contribution in [0, 0.1) is 0 Å². The third-order valence-corrected chi connectivity index (χ3v) is 2.55. The van der Waals surface area contributed by atoms with Crippen LogP contribution in [0.1, 0.15) is 26.8 Å². The highest BCUT2D eigenvalue weighted by molar-refractivity contribution is 5.31. The summed E-state index contributed by atoms with van der Waals surface area (Å²) in [5.74, 6) is 0.261. The monoisotopic (exact) mass is 240 g/mol. The minimum atomic E-state index is -0.626. The van der Waals surface area contributed by atoms with Crippen LogP contribution in [-0.4, -0.2) is 33.3 Å². The molecule has 2 unspecified atom stereocenters. The molecule has 1 aromatic heterocycles. The van der Waals surface area contributed by atoms with Crippen LogP contribution in [0.5, 0.6) is 0 Å². The molecule has 1 rings (SSSR count). The number of aliphatic hydroxyl groups excluding tert-OH is 1. The normalized spacial score (nSPS) is 14.7. The van der Waals surface area contributed by atoms with Gasteiger partial charge in [-0.3, -0.25) is 4.79 Å².